The van der Waals surface area contributed by atoms with E-state index in [0.29, 0.717) is 17.2 Å². The third-order valence-electron chi connectivity index (χ3n) is 4.12. The molecule has 0 saturated carbocycles. The lowest BCUT2D eigenvalue weighted by Gasteiger charge is -2.21. The normalized spacial score (nSPS) is 16.8. The van der Waals surface area contributed by atoms with Crippen LogP contribution in [0.5, 0.6) is 11.5 Å². The molecule has 0 bridgehead atoms. The van der Waals surface area contributed by atoms with Gasteiger partial charge in [-0.25, -0.2) is 0 Å². The van der Waals surface area contributed by atoms with Crippen molar-refractivity contribution in [3.8, 4) is 17.6 Å². The average Bonchev–Trinajstić information content (AvgIpc) is 3.03. The molecule has 8 heteroatoms. The number of ether oxygens (including phenoxy) is 1. The summed E-state index contributed by atoms with van der Waals surface area (Å²) in [7, 11) is 0. The Morgan fingerprint density at radius 1 is 1.26 bits per heavy atom. The zero-order valence-electron chi connectivity index (χ0n) is 14.3. The number of nitriles is 1. The van der Waals surface area contributed by atoms with Gasteiger partial charge in [-0.1, -0.05) is 15.9 Å². The van der Waals surface area contributed by atoms with Crippen molar-refractivity contribution in [3.63, 3.8) is 0 Å². The van der Waals surface area contributed by atoms with E-state index in [4.69, 9.17) is 10.00 Å². The smallest absolute Gasteiger partial charge is 0.431 e. The molecule has 0 saturated heterocycles. The Labute approximate surface area is 163 Å². The van der Waals surface area contributed by atoms with E-state index in [1.54, 1.807) is 24.3 Å². The molecule has 1 heterocycles. The van der Waals surface area contributed by atoms with Crippen LogP contribution < -0.4 is 9.75 Å². The molecular formula is C19H15BrF3N3O. The summed E-state index contributed by atoms with van der Waals surface area (Å²) in [5, 5.41) is 13.9. The molecule has 0 radical (unpaired) electrons. The van der Waals surface area contributed by atoms with Crippen molar-refractivity contribution >= 4 is 27.3 Å². The predicted molar refractivity (Wildman–Crippen MR) is 100.0 cm³/mol. The van der Waals surface area contributed by atoms with Crippen molar-refractivity contribution in [1.82, 2.24) is 0 Å². The fourth-order valence-electron chi connectivity index (χ4n) is 2.79. The maximum absolute atomic E-state index is 13.0. The molecule has 1 atom stereocenters. The number of halogens is 4. The minimum absolute atomic E-state index is 0.0422. The number of hydrazone groups is 1. The molecule has 0 aliphatic carbocycles. The first-order valence-corrected chi connectivity index (χ1v) is 8.92. The van der Waals surface area contributed by atoms with Crippen molar-refractivity contribution in [2.75, 3.05) is 5.01 Å². The zero-order valence-corrected chi connectivity index (χ0v) is 15.9. The van der Waals surface area contributed by atoms with Crippen LogP contribution in [0.4, 0.5) is 18.9 Å². The van der Waals surface area contributed by atoms with E-state index in [2.05, 4.69) is 21.0 Å². The number of alkyl halides is 3. The topological polar surface area (TPSA) is 48.6 Å². The van der Waals surface area contributed by atoms with Gasteiger partial charge in [0.15, 0.2) is 0 Å². The summed E-state index contributed by atoms with van der Waals surface area (Å²) in [5.41, 5.74) is 0.560. The van der Waals surface area contributed by atoms with Crippen molar-refractivity contribution in [2.45, 2.75) is 32.0 Å². The average molecular weight is 438 g/mol. The first-order chi connectivity index (χ1) is 12.8. The maximum atomic E-state index is 13.0. The van der Waals surface area contributed by atoms with Crippen molar-refractivity contribution in [3.05, 3.63) is 52.5 Å². The van der Waals surface area contributed by atoms with Gasteiger partial charge in [0, 0.05) is 10.9 Å². The van der Waals surface area contributed by atoms with Crippen LogP contribution in [0.3, 0.4) is 0 Å². The second kappa shape index (κ2) is 7.61. The van der Waals surface area contributed by atoms with Crippen LogP contribution in [0, 0.1) is 18.3 Å². The van der Waals surface area contributed by atoms with Gasteiger partial charge in [-0.3, -0.25) is 5.01 Å². The van der Waals surface area contributed by atoms with Crippen molar-refractivity contribution < 1.29 is 17.9 Å². The maximum Gasteiger partial charge on any atom is 0.431 e. The Morgan fingerprint density at radius 3 is 2.56 bits per heavy atom. The van der Waals surface area contributed by atoms with Crippen LogP contribution in [0.25, 0.3) is 0 Å². The highest BCUT2D eigenvalue weighted by molar-refractivity contribution is 9.10. The van der Waals surface area contributed by atoms with Gasteiger partial charge in [-0.2, -0.15) is 23.5 Å². The molecule has 3 rings (SSSR count). The minimum atomic E-state index is -4.50. The lowest BCUT2D eigenvalue weighted by atomic mass is 10.1. The van der Waals surface area contributed by atoms with Crippen LogP contribution >= 0.6 is 15.9 Å². The number of rotatable bonds is 4. The number of hydrogen-bond acceptors (Lipinski definition) is 4. The summed E-state index contributed by atoms with van der Waals surface area (Å²) in [6, 6.07) is 13.5. The molecule has 0 spiro atoms. The number of benzene rings is 2. The molecule has 0 aromatic heterocycles. The van der Waals surface area contributed by atoms with Gasteiger partial charge in [0.1, 0.15) is 17.2 Å². The number of nitrogens with zero attached hydrogens (tertiary/aromatic N) is 3. The van der Waals surface area contributed by atoms with Crippen LogP contribution in [0.2, 0.25) is 0 Å². The van der Waals surface area contributed by atoms with Gasteiger partial charge >= 0.3 is 6.18 Å². The standard InChI is InChI=1S/C19H15BrF3N3O/c1-12-10-13(20)2-7-17(12)27-16-5-3-14(4-6-16)26-15(8-9-24)11-18(25-26)19(21,22)23/h2-7,10,15H,8,11H2,1H3. The first-order valence-electron chi connectivity index (χ1n) is 8.13. The highest BCUT2D eigenvalue weighted by Crippen LogP contribution is 2.34. The van der Waals surface area contributed by atoms with Gasteiger partial charge in [-0.15, -0.1) is 0 Å². The second-order valence-electron chi connectivity index (χ2n) is 6.11. The molecule has 0 N–H and O–H groups in total. The summed E-state index contributed by atoms with van der Waals surface area (Å²) in [5.74, 6) is 1.24. The molecule has 2 aromatic rings. The largest absolute Gasteiger partial charge is 0.457 e. The van der Waals surface area contributed by atoms with Gasteiger partial charge < -0.3 is 4.74 Å². The number of aryl methyl sites for hydroxylation is 1. The van der Waals surface area contributed by atoms with E-state index >= 15 is 0 Å². The SMILES string of the molecule is Cc1cc(Br)ccc1Oc1ccc(N2N=C(C(F)(F)F)CC2CC#N)cc1. The zero-order chi connectivity index (χ0) is 19.6. The third-order valence-corrected chi connectivity index (χ3v) is 4.62. The van der Waals surface area contributed by atoms with Crippen molar-refractivity contribution in [2.24, 2.45) is 5.10 Å². The molecule has 140 valence electrons. The molecule has 0 fully saturated rings. The number of hydrogen-bond donors (Lipinski definition) is 0. The minimum Gasteiger partial charge on any atom is -0.457 e. The summed E-state index contributed by atoms with van der Waals surface area (Å²) in [6.07, 6.45) is -4.84. The summed E-state index contributed by atoms with van der Waals surface area (Å²) < 4.78 is 45.7. The summed E-state index contributed by atoms with van der Waals surface area (Å²) in [6.45, 7) is 1.92. The van der Waals surface area contributed by atoms with E-state index in [1.807, 2.05) is 31.2 Å². The van der Waals surface area contributed by atoms with E-state index in [-0.39, 0.29) is 12.8 Å². The third kappa shape index (κ3) is 4.42. The molecule has 1 aliphatic rings. The lowest BCUT2D eigenvalue weighted by molar-refractivity contribution is -0.0600. The summed E-state index contributed by atoms with van der Waals surface area (Å²) >= 11 is 3.39. The fraction of sp³-hybridized carbons (Fsp3) is 0.263. The second-order valence-corrected chi connectivity index (χ2v) is 7.03. The Hall–Kier alpha value is -2.53. The first kappa shape index (κ1) is 19.2. The van der Waals surface area contributed by atoms with Crippen LogP contribution in [-0.4, -0.2) is 17.9 Å². The van der Waals surface area contributed by atoms with Crippen LogP contribution in [0.15, 0.2) is 52.0 Å². The van der Waals surface area contributed by atoms with E-state index in [0.717, 1.165) is 10.0 Å². The molecular weight excluding hydrogens is 423 g/mol. The molecule has 27 heavy (non-hydrogen) atoms. The van der Waals surface area contributed by atoms with E-state index < -0.39 is 17.9 Å². The van der Waals surface area contributed by atoms with Crippen LogP contribution in [0.1, 0.15) is 18.4 Å². The molecule has 1 aliphatic heterocycles. The van der Waals surface area contributed by atoms with Crippen molar-refractivity contribution in [1.29, 1.82) is 5.26 Å². The quantitative estimate of drug-likeness (QED) is 0.592. The molecule has 4 nitrogen and oxygen atoms in total. The van der Waals surface area contributed by atoms with Crippen LogP contribution in [-0.2, 0) is 0 Å². The monoisotopic (exact) mass is 437 g/mol. The Morgan fingerprint density at radius 2 is 1.96 bits per heavy atom. The molecule has 1 unspecified atom stereocenters. The predicted octanol–water partition coefficient (Wildman–Crippen LogP) is 5.96. The van der Waals surface area contributed by atoms with E-state index in [1.165, 1.54) is 5.01 Å². The number of anilines is 1. The molecule has 2 aromatic carbocycles. The van der Waals surface area contributed by atoms with Gasteiger partial charge in [-0.05, 0) is 55.0 Å². The van der Waals surface area contributed by atoms with E-state index in [9.17, 15) is 13.2 Å². The lowest BCUT2D eigenvalue weighted by Crippen LogP contribution is -2.26. The summed E-state index contributed by atoms with van der Waals surface area (Å²) in [4.78, 5) is 0. The highest BCUT2D eigenvalue weighted by Gasteiger charge is 2.43. The van der Waals surface area contributed by atoms with Gasteiger partial charge in [0.2, 0.25) is 0 Å². The highest BCUT2D eigenvalue weighted by atomic mass is 79.9. The Balaban J connectivity index is 1.81. The van der Waals surface area contributed by atoms with Gasteiger partial charge in [0.25, 0.3) is 0 Å². The fourth-order valence-corrected chi connectivity index (χ4v) is 3.26. The van der Waals surface area contributed by atoms with Gasteiger partial charge in [0.05, 0.1) is 24.2 Å². The Bertz CT molecular complexity index is 904. The molecule has 0 amide bonds. The Kier molecular flexibility index (Phi) is 5.42.